The summed E-state index contributed by atoms with van der Waals surface area (Å²) in [5, 5.41) is 0. The third-order valence-corrected chi connectivity index (χ3v) is 6.71. The van der Waals surface area contributed by atoms with Crippen molar-refractivity contribution in [1.82, 2.24) is 0 Å². The van der Waals surface area contributed by atoms with E-state index in [0.717, 1.165) is 6.04 Å². The van der Waals surface area contributed by atoms with Gasteiger partial charge in [0.15, 0.2) is 8.32 Å². The maximum Gasteiger partial charge on any atom is 0.195 e. The van der Waals surface area contributed by atoms with E-state index in [2.05, 4.69) is 20.4 Å². The summed E-state index contributed by atoms with van der Waals surface area (Å²) >= 11 is 0. The summed E-state index contributed by atoms with van der Waals surface area (Å²) in [6, 6.07) is 3.49. The van der Waals surface area contributed by atoms with E-state index in [1.165, 1.54) is 12.1 Å². The van der Waals surface area contributed by atoms with Crippen molar-refractivity contribution >= 4 is 8.32 Å². The molecule has 0 N–H and O–H groups in total. The Kier molecular flexibility index (Phi) is 4.65. The quantitative estimate of drug-likeness (QED) is 0.441. The molecular formula is C8H18OSi. The first kappa shape index (κ1) is 9.92. The van der Waals surface area contributed by atoms with Crippen LogP contribution in [0.3, 0.4) is 0 Å². The average molecular weight is 158 g/mol. The largest absolute Gasteiger partial charge is 0.420 e. The molecule has 0 unspecified atom stereocenters. The van der Waals surface area contributed by atoms with Crippen molar-refractivity contribution in [3.05, 3.63) is 12.7 Å². The van der Waals surface area contributed by atoms with Gasteiger partial charge in [0.25, 0.3) is 0 Å². The van der Waals surface area contributed by atoms with Gasteiger partial charge in [0.2, 0.25) is 0 Å². The zero-order valence-electron chi connectivity index (χ0n) is 7.31. The highest BCUT2D eigenvalue weighted by atomic mass is 28.4. The zero-order valence-corrected chi connectivity index (χ0v) is 8.31. The van der Waals surface area contributed by atoms with Crippen LogP contribution in [0.5, 0.6) is 0 Å². The predicted octanol–water partition coefficient (Wildman–Crippen LogP) is 2.80. The van der Waals surface area contributed by atoms with Crippen LogP contribution in [-0.4, -0.2) is 15.4 Å². The molecule has 0 aromatic rings. The third-order valence-electron chi connectivity index (χ3n) is 2.24. The fraction of sp³-hybridized carbons (Fsp3) is 0.750. The fourth-order valence-corrected chi connectivity index (χ4v) is 3.52. The lowest BCUT2D eigenvalue weighted by atomic mass is 10.8. The number of hydrogen-bond acceptors (Lipinski definition) is 1. The standard InChI is InChI=1S/C8H18OSi/c1-5-8-10(6-2,7-3)9-4/h5H,1,6-8H2,2-4H3. The van der Waals surface area contributed by atoms with Crippen LogP contribution in [0.1, 0.15) is 13.8 Å². The minimum absolute atomic E-state index is 1.09. The molecule has 0 aromatic heterocycles. The summed E-state index contributed by atoms with van der Waals surface area (Å²) in [5.74, 6) is 0. The minimum atomic E-state index is -1.34. The van der Waals surface area contributed by atoms with Crippen LogP contribution >= 0.6 is 0 Å². The fourth-order valence-electron chi connectivity index (χ4n) is 1.17. The van der Waals surface area contributed by atoms with Gasteiger partial charge in [0, 0.05) is 7.11 Å². The molecule has 0 radical (unpaired) electrons. The van der Waals surface area contributed by atoms with Gasteiger partial charge < -0.3 is 4.43 Å². The van der Waals surface area contributed by atoms with Crippen molar-refractivity contribution in [2.75, 3.05) is 7.11 Å². The van der Waals surface area contributed by atoms with Gasteiger partial charge >= 0.3 is 0 Å². The van der Waals surface area contributed by atoms with Crippen LogP contribution in [0.15, 0.2) is 12.7 Å². The molecule has 0 saturated heterocycles. The second kappa shape index (κ2) is 4.69. The normalized spacial score (nSPS) is 11.5. The monoisotopic (exact) mass is 158 g/mol. The lowest BCUT2D eigenvalue weighted by Gasteiger charge is -2.25. The van der Waals surface area contributed by atoms with Crippen LogP contribution in [-0.2, 0) is 4.43 Å². The van der Waals surface area contributed by atoms with E-state index in [1.54, 1.807) is 0 Å². The van der Waals surface area contributed by atoms with E-state index in [1.807, 2.05) is 13.2 Å². The van der Waals surface area contributed by atoms with Crippen molar-refractivity contribution in [2.24, 2.45) is 0 Å². The first-order chi connectivity index (χ1) is 4.74. The molecule has 0 saturated carbocycles. The van der Waals surface area contributed by atoms with Crippen molar-refractivity contribution in [3.63, 3.8) is 0 Å². The molecule has 0 aliphatic carbocycles. The van der Waals surface area contributed by atoms with Crippen molar-refractivity contribution in [3.8, 4) is 0 Å². The molecule has 0 spiro atoms. The summed E-state index contributed by atoms with van der Waals surface area (Å²) in [7, 11) is 0.501. The van der Waals surface area contributed by atoms with Gasteiger partial charge in [-0.2, -0.15) is 0 Å². The summed E-state index contributed by atoms with van der Waals surface area (Å²) in [6.45, 7) is 8.17. The Morgan fingerprint density at radius 2 is 1.90 bits per heavy atom. The predicted molar refractivity (Wildman–Crippen MR) is 48.7 cm³/mol. The number of hydrogen-bond donors (Lipinski definition) is 0. The molecule has 0 heterocycles. The van der Waals surface area contributed by atoms with E-state index < -0.39 is 8.32 Å². The Hall–Kier alpha value is -0.0831. The Bertz CT molecular complexity index is 89.2. The van der Waals surface area contributed by atoms with Gasteiger partial charge in [-0.25, -0.2) is 0 Å². The van der Waals surface area contributed by atoms with Crippen LogP contribution in [0, 0.1) is 0 Å². The Morgan fingerprint density at radius 1 is 1.40 bits per heavy atom. The van der Waals surface area contributed by atoms with Gasteiger partial charge in [-0.05, 0) is 18.1 Å². The van der Waals surface area contributed by atoms with Gasteiger partial charge in [-0.15, -0.1) is 6.58 Å². The molecule has 0 aliphatic rings. The zero-order chi connectivity index (χ0) is 8.04. The number of allylic oxidation sites excluding steroid dienone is 1. The maximum absolute atomic E-state index is 5.54. The molecule has 0 bridgehead atoms. The highest BCUT2D eigenvalue weighted by molar-refractivity contribution is 6.74. The molecule has 2 heteroatoms. The molecular weight excluding hydrogens is 140 g/mol. The molecule has 10 heavy (non-hydrogen) atoms. The molecule has 0 rings (SSSR count). The van der Waals surface area contributed by atoms with Crippen molar-refractivity contribution in [1.29, 1.82) is 0 Å². The molecule has 1 nitrogen and oxygen atoms in total. The summed E-state index contributed by atoms with van der Waals surface area (Å²) in [5.41, 5.74) is 0. The van der Waals surface area contributed by atoms with Crippen LogP contribution in [0.4, 0.5) is 0 Å². The molecule has 0 atom stereocenters. The summed E-state index contributed by atoms with van der Waals surface area (Å²) < 4.78 is 5.54. The second-order valence-electron chi connectivity index (χ2n) is 2.59. The maximum atomic E-state index is 5.54. The van der Waals surface area contributed by atoms with Gasteiger partial charge in [0.1, 0.15) is 0 Å². The third kappa shape index (κ3) is 2.27. The van der Waals surface area contributed by atoms with E-state index in [0.29, 0.717) is 0 Å². The van der Waals surface area contributed by atoms with E-state index in [4.69, 9.17) is 4.43 Å². The molecule has 60 valence electrons. The van der Waals surface area contributed by atoms with Gasteiger partial charge in [-0.1, -0.05) is 19.9 Å². The van der Waals surface area contributed by atoms with Gasteiger partial charge in [0.05, 0.1) is 0 Å². The first-order valence-electron chi connectivity index (χ1n) is 3.90. The molecule has 0 aliphatic heterocycles. The molecule has 0 amide bonds. The Morgan fingerprint density at radius 3 is 2.00 bits per heavy atom. The lowest BCUT2D eigenvalue weighted by Crippen LogP contribution is -2.34. The van der Waals surface area contributed by atoms with E-state index in [-0.39, 0.29) is 0 Å². The first-order valence-corrected chi connectivity index (χ1v) is 6.43. The van der Waals surface area contributed by atoms with Gasteiger partial charge in [-0.3, -0.25) is 0 Å². The second-order valence-corrected chi connectivity index (χ2v) is 7.18. The SMILES string of the molecule is C=CC[Si](CC)(CC)OC. The van der Waals surface area contributed by atoms with Crippen LogP contribution in [0.25, 0.3) is 0 Å². The van der Waals surface area contributed by atoms with Crippen molar-refractivity contribution in [2.45, 2.75) is 32.0 Å². The summed E-state index contributed by atoms with van der Waals surface area (Å²) in [4.78, 5) is 0. The van der Waals surface area contributed by atoms with Crippen LogP contribution < -0.4 is 0 Å². The lowest BCUT2D eigenvalue weighted by molar-refractivity contribution is 0.395. The van der Waals surface area contributed by atoms with Crippen molar-refractivity contribution < 1.29 is 4.43 Å². The molecule has 0 aromatic carbocycles. The Balaban J connectivity index is 4.00. The van der Waals surface area contributed by atoms with Crippen LogP contribution in [0.2, 0.25) is 18.1 Å². The van der Waals surface area contributed by atoms with E-state index >= 15 is 0 Å². The summed E-state index contributed by atoms with van der Waals surface area (Å²) in [6.07, 6.45) is 1.99. The number of rotatable bonds is 5. The topological polar surface area (TPSA) is 9.23 Å². The average Bonchev–Trinajstić information content (AvgIpc) is 2.01. The van der Waals surface area contributed by atoms with E-state index in [9.17, 15) is 0 Å². The highest BCUT2D eigenvalue weighted by Crippen LogP contribution is 2.20. The minimum Gasteiger partial charge on any atom is -0.420 e. The molecule has 0 fully saturated rings. The smallest absolute Gasteiger partial charge is 0.195 e. The Labute approximate surface area is 65.2 Å². The highest BCUT2D eigenvalue weighted by Gasteiger charge is 2.27.